The number of nitrogen functional groups attached to an aromatic ring is 1. The van der Waals surface area contributed by atoms with E-state index in [4.69, 9.17) is 5.73 Å². The number of Topliss-reactive ketones (excluding diaryl/α,β-unsaturated/α-hetero) is 2. The molecule has 23 heavy (non-hydrogen) atoms. The molecular weight excluding hydrogens is 286 g/mol. The van der Waals surface area contributed by atoms with Crippen LogP contribution in [0.1, 0.15) is 58.2 Å². The van der Waals surface area contributed by atoms with Gasteiger partial charge in [-0.15, -0.1) is 0 Å². The van der Waals surface area contributed by atoms with Crippen molar-refractivity contribution in [1.29, 1.82) is 0 Å². The predicted molar refractivity (Wildman–Crippen MR) is 94.1 cm³/mol. The van der Waals surface area contributed by atoms with E-state index in [9.17, 15) is 9.59 Å². The lowest BCUT2D eigenvalue weighted by Crippen LogP contribution is -2.18. The molecule has 0 radical (unpaired) electrons. The second kappa shape index (κ2) is 7.23. The highest BCUT2D eigenvalue weighted by molar-refractivity contribution is 6.50. The van der Waals surface area contributed by atoms with Crippen LogP contribution in [0, 0.1) is 0 Å². The van der Waals surface area contributed by atoms with Crippen molar-refractivity contribution in [2.24, 2.45) is 0 Å². The molecule has 0 fully saturated rings. The van der Waals surface area contributed by atoms with Crippen LogP contribution in [0.5, 0.6) is 0 Å². The first kappa shape index (κ1) is 16.9. The largest absolute Gasteiger partial charge is 0.398 e. The summed E-state index contributed by atoms with van der Waals surface area (Å²) in [4.78, 5) is 25.1. The van der Waals surface area contributed by atoms with Crippen LogP contribution in [0.15, 0.2) is 36.4 Å². The van der Waals surface area contributed by atoms with Crippen LogP contribution in [0.4, 0.5) is 5.69 Å². The first-order valence-electron chi connectivity index (χ1n) is 8.12. The third-order valence-electron chi connectivity index (χ3n) is 4.26. The van der Waals surface area contributed by atoms with Gasteiger partial charge >= 0.3 is 0 Å². The zero-order valence-corrected chi connectivity index (χ0v) is 14.0. The molecule has 0 unspecified atom stereocenters. The third kappa shape index (κ3) is 3.19. The van der Waals surface area contributed by atoms with Crippen LogP contribution in [0.2, 0.25) is 0 Å². The smallest absolute Gasteiger partial charge is 0.235 e. The summed E-state index contributed by atoms with van der Waals surface area (Å²) in [5.74, 6) is -1.04. The molecule has 0 aromatic heterocycles. The van der Waals surface area contributed by atoms with E-state index in [0.29, 0.717) is 16.8 Å². The molecule has 0 saturated carbocycles. The molecule has 0 saturated heterocycles. The lowest BCUT2D eigenvalue weighted by atomic mass is 9.88. The van der Waals surface area contributed by atoms with Gasteiger partial charge in [-0.3, -0.25) is 9.59 Å². The summed E-state index contributed by atoms with van der Waals surface area (Å²) in [6.45, 7) is 6.17. The van der Waals surface area contributed by atoms with Crippen LogP contribution in [0.25, 0.3) is 0 Å². The number of carbonyl (C=O) groups excluding carboxylic acids is 2. The maximum Gasteiger partial charge on any atom is 0.235 e. The Balaban J connectivity index is 2.55. The Morgan fingerprint density at radius 3 is 2.00 bits per heavy atom. The van der Waals surface area contributed by atoms with Gasteiger partial charge in [0.25, 0.3) is 0 Å². The van der Waals surface area contributed by atoms with Crippen molar-refractivity contribution in [2.75, 3.05) is 5.73 Å². The second-order valence-corrected chi connectivity index (χ2v) is 5.54. The van der Waals surface area contributed by atoms with Gasteiger partial charge in [-0.25, -0.2) is 0 Å². The van der Waals surface area contributed by atoms with Crippen LogP contribution >= 0.6 is 0 Å². The van der Waals surface area contributed by atoms with E-state index in [1.807, 2.05) is 13.0 Å². The van der Waals surface area contributed by atoms with Gasteiger partial charge in [0.1, 0.15) is 0 Å². The lowest BCUT2D eigenvalue weighted by molar-refractivity contribution is 0.0817. The van der Waals surface area contributed by atoms with E-state index in [1.54, 1.807) is 30.3 Å². The normalized spacial score (nSPS) is 10.6. The van der Waals surface area contributed by atoms with Gasteiger partial charge in [0, 0.05) is 16.8 Å². The molecule has 3 nitrogen and oxygen atoms in total. The SMILES string of the molecule is CCc1cc(C(=O)C(=O)c2ccccc2)c(N)c(CC)c1CC. The summed E-state index contributed by atoms with van der Waals surface area (Å²) in [6, 6.07) is 10.4. The zero-order chi connectivity index (χ0) is 17.0. The Kier molecular flexibility index (Phi) is 5.32. The van der Waals surface area contributed by atoms with Gasteiger partial charge in [-0.2, -0.15) is 0 Å². The van der Waals surface area contributed by atoms with Crippen molar-refractivity contribution in [3.63, 3.8) is 0 Å². The Morgan fingerprint density at radius 1 is 0.870 bits per heavy atom. The third-order valence-corrected chi connectivity index (χ3v) is 4.26. The van der Waals surface area contributed by atoms with E-state index >= 15 is 0 Å². The Labute approximate surface area is 137 Å². The number of aryl methyl sites for hydroxylation is 1. The highest BCUT2D eigenvalue weighted by Crippen LogP contribution is 2.28. The number of anilines is 1. The van der Waals surface area contributed by atoms with Gasteiger partial charge in [0.15, 0.2) is 0 Å². The standard InChI is InChI=1S/C20H23NO2/c1-4-13-12-17(18(21)16(6-3)15(13)5-2)20(23)19(22)14-10-8-7-9-11-14/h7-12H,4-6,21H2,1-3H3. The van der Waals surface area contributed by atoms with E-state index < -0.39 is 11.6 Å². The van der Waals surface area contributed by atoms with Gasteiger partial charge in [-0.1, -0.05) is 51.1 Å². The summed E-state index contributed by atoms with van der Waals surface area (Å²) in [7, 11) is 0. The first-order chi connectivity index (χ1) is 11.0. The molecule has 0 atom stereocenters. The van der Waals surface area contributed by atoms with Crippen LogP contribution in [-0.4, -0.2) is 11.6 Å². The number of benzene rings is 2. The van der Waals surface area contributed by atoms with Crippen LogP contribution in [-0.2, 0) is 19.3 Å². The summed E-state index contributed by atoms with van der Waals surface area (Å²) in [5, 5.41) is 0. The highest BCUT2D eigenvalue weighted by atomic mass is 16.2. The van der Waals surface area contributed by atoms with Crippen molar-refractivity contribution >= 4 is 17.3 Å². The molecule has 120 valence electrons. The number of hydrogen-bond acceptors (Lipinski definition) is 3. The maximum atomic E-state index is 12.7. The fourth-order valence-electron chi connectivity index (χ4n) is 3.05. The lowest BCUT2D eigenvalue weighted by Gasteiger charge is -2.17. The monoisotopic (exact) mass is 309 g/mol. The van der Waals surface area contributed by atoms with Crippen LogP contribution < -0.4 is 5.73 Å². The molecule has 2 rings (SSSR count). The topological polar surface area (TPSA) is 60.2 Å². The molecule has 0 bridgehead atoms. The average Bonchev–Trinajstić information content (AvgIpc) is 2.60. The summed E-state index contributed by atoms with van der Waals surface area (Å²) >= 11 is 0. The summed E-state index contributed by atoms with van der Waals surface area (Å²) < 4.78 is 0. The van der Waals surface area contributed by atoms with Crippen molar-refractivity contribution in [1.82, 2.24) is 0 Å². The van der Waals surface area contributed by atoms with Gasteiger partial charge < -0.3 is 5.73 Å². The molecule has 0 aliphatic carbocycles. The summed E-state index contributed by atoms with van der Waals surface area (Å²) in [6.07, 6.45) is 2.44. The molecule has 2 aromatic carbocycles. The molecule has 0 aliphatic rings. The van der Waals surface area contributed by atoms with E-state index in [0.717, 1.165) is 30.4 Å². The van der Waals surface area contributed by atoms with Crippen molar-refractivity contribution < 1.29 is 9.59 Å². The molecule has 3 heteroatoms. The Bertz CT molecular complexity index is 733. The molecule has 2 N–H and O–H groups in total. The molecule has 0 aliphatic heterocycles. The second-order valence-electron chi connectivity index (χ2n) is 5.54. The van der Waals surface area contributed by atoms with E-state index in [2.05, 4.69) is 13.8 Å². The van der Waals surface area contributed by atoms with Crippen molar-refractivity contribution in [3.8, 4) is 0 Å². The minimum absolute atomic E-state index is 0.338. The number of carbonyl (C=O) groups is 2. The molecule has 2 aromatic rings. The summed E-state index contributed by atoms with van der Waals surface area (Å²) in [5.41, 5.74) is 10.7. The first-order valence-corrected chi connectivity index (χ1v) is 8.12. The fraction of sp³-hybridized carbons (Fsp3) is 0.300. The molecule has 0 heterocycles. The van der Waals surface area contributed by atoms with Gasteiger partial charge in [0.05, 0.1) is 0 Å². The average molecular weight is 309 g/mol. The van der Waals surface area contributed by atoms with Crippen molar-refractivity contribution in [2.45, 2.75) is 40.0 Å². The van der Waals surface area contributed by atoms with Gasteiger partial charge in [0.2, 0.25) is 11.6 Å². The quantitative estimate of drug-likeness (QED) is 0.498. The van der Waals surface area contributed by atoms with Gasteiger partial charge in [-0.05, 0) is 42.0 Å². The minimum atomic E-state index is -0.527. The van der Waals surface area contributed by atoms with Crippen LogP contribution in [0.3, 0.4) is 0 Å². The fourth-order valence-corrected chi connectivity index (χ4v) is 3.05. The van der Waals surface area contributed by atoms with E-state index in [1.165, 1.54) is 5.56 Å². The molecule has 0 amide bonds. The highest BCUT2D eigenvalue weighted by Gasteiger charge is 2.23. The zero-order valence-electron chi connectivity index (χ0n) is 14.0. The number of hydrogen-bond donors (Lipinski definition) is 1. The minimum Gasteiger partial charge on any atom is -0.398 e. The van der Waals surface area contributed by atoms with E-state index in [-0.39, 0.29) is 0 Å². The molecular formula is C20H23NO2. The number of rotatable bonds is 6. The number of nitrogens with two attached hydrogens (primary N) is 1. The Hall–Kier alpha value is -2.42. The predicted octanol–water partition coefficient (Wildman–Crippen LogP) is 4.02. The maximum absolute atomic E-state index is 12.7. The molecule has 0 spiro atoms. The van der Waals surface area contributed by atoms with Crippen molar-refractivity contribution in [3.05, 3.63) is 64.2 Å². The Morgan fingerprint density at radius 2 is 1.48 bits per heavy atom. The number of ketones is 2.